The zero-order valence-electron chi connectivity index (χ0n) is 12.5. The molecule has 0 aliphatic heterocycles. The lowest BCUT2D eigenvalue weighted by molar-refractivity contribution is -0.384. The normalized spacial score (nSPS) is 10.9. The van der Waals surface area contributed by atoms with Gasteiger partial charge < -0.3 is 10.6 Å². The molecule has 0 radical (unpaired) electrons. The van der Waals surface area contributed by atoms with Crippen LogP contribution in [0.4, 0.5) is 21.9 Å². The molecule has 0 saturated heterocycles. The molecular formula is C14H14N4O5S. The van der Waals surface area contributed by atoms with Gasteiger partial charge in [0, 0.05) is 23.5 Å². The molecular weight excluding hydrogens is 336 g/mol. The minimum Gasteiger partial charge on any atom is -0.308 e. The van der Waals surface area contributed by atoms with Crippen molar-refractivity contribution in [3.8, 4) is 0 Å². The lowest BCUT2D eigenvalue weighted by atomic mass is 10.3. The van der Waals surface area contributed by atoms with Gasteiger partial charge in [0.1, 0.15) is 0 Å². The van der Waals surface area contributed by atoms with Gasteiger partial charge in [-0.25, -0.2) is 17.9 Å². The Morgan fingerprint density at radius 2 is 1.42 bits per heavy atom. The average Bonchev–Trinajstić information content (AvgIpc) is 2.55. The lowest BCUT2D eigenvalue weighted by Gasteiger charge is -2.08. The number of rotatable bonds is 5. The largest absolute Gasteiger partial charge is 0.323 e. The maximum absolute atomic E-state index is 11.9. The highest BCUT2D eigenvalue weighted by atomic mass is 32.2. The second kappa shape index (κ2) is 7.06. The monoisotopic (exact) mass is 350 g/mol. The predicted molar refractivity (Wildman–Crippen MR) is 88.4 cm³/mol. The smallest absolute Gasteiger partial charge is 0.308 e. The van der Waals surface area contributed by atoms with Gasteiger partial charge >= 0.3 is 6.03 Å². The topological polar surface area (TPSA) is 130 Å². The number of sulfonamides is 1. The van der Waals surface area contributed by atoms with E-state index in [9.17, 15) is 23.3 Å². The molecule has 2 rings (SSSR count). The van der Waals surface area contributed by atoms with E-state index in [0.29, 0.717) is 11.4 Å². The van der Waals surface area contributed by atoms with Crippen molar-refractivity contribution in [3.05, 3.63) is 58.6 Å². The van der Waals surface area contributed by atoms with Crippen molar-refractivity contribution in [1.29, 1.82) is 0 Å². The van der Waals surface area contributed by atoms with Crippen LogP contribution < -0.4 is 15.4 Å². The van der Waals surface area contributed by atoms with Crippen LogP contribution in [0.2, 0.25) is 0 Å². The molecule has 0 fully saturated rings. The Morgan fingerprint density at radius 1 is 0.958 bits per heavy atom. The van der Waals surface area contributed by atoms with Crippen molar-refractivity contribution < 1.29 is 18.1 Å². The van der Waals surface area contributed by atoms with Gasteiger partial charge in [0.25, 0.3) is 5.69 Å². The van der Waals surface area contributed by atoms with Gasteiger partial charge in [-0.15, -0.1) is 0 Å². The zero-order chi connectivity index (χ0) is 17.7. The van der Waals surface area contributed by atoms with Crippen LogP contribution in [0.3, 0.4) is 0 Å². The number of carbonyl (C=O) groups is 1. The summed E-state index contributed by atoms with van der Waals surface area (Å²) in [5.74, 6) is 0. The number of hydrogen-bond acceptors (Lipinski definition) is 5. The summed E-state index contributed by atoms with van der Waals surface area (Å²) >= 11 is 0. The number of nitrogens with zero attached hydrogens (tertiary/aromatic N) is 1. The number of carbonyl (C=O) groups excluding carboxylic acids is 1. The van der Waals surface area contributed by atoms with E-state index >= 15 is 0 Å². The number of urea groups is 1. The summed E-state index contributed by atoms with van der Waals surface area (Å²) in [6, 6.07) is 10.4. The van der Waals surface area contributed by atoms with Crippen molar-refractivity contribution in [2.24, 2.45) is 0 Å². The van der Waals surface area contributed by atoms with Crippen LogP contribution in [0.15, 0.2) is 53.4 Å². The van der Waals surface area contributed by atoms with Crippen LogP contribution in [0.25, 0.3) is 0 Å². The predicted octanol–water partition coefficient (Wildman–Crippen LogP) is 2.15. The molecule has 2 aromatic carbocycles. The summed E-state index contributed by atoms with van der Waals surface area (Å²) in [6.45, 7) is 0. The van der Waals surface area contributed by atoms with Gasteiger partial charge in [-0.05, 0) is 43.4 Å². The van der Waals surface area contributed by atoms with Crippen molar-refractivity contribution >= 4 is 33.1 Å². The van der Waals surface area contributed by atoms with E-state index in [4.69, 9.17) is 0 Å². The highest BCUT2D eigenvalue weighted by Gasteiger charge is 2.11. The van der Waals surface area contributed by atoms with Crippen molar-refractivity contribution in [3.63, 3.8) is 0 Å². The second-order valence-corrected chi connectivity index (χ2v) is 6.50. The van der Waals surface area contributed by atoms with E-state index in [1.54, 1.807) is 0 Å². The second-order valence-electron chi connectivity index (χ2n) is 4.62. The first kappa shape index (κ1) is 17.4. The van der Waals surface area contributed by atoms with E-state index in [1.165, 1.54) is 55.6 Å². The molecule has 126 valence electrons. The first-order chi connectivity index (χ1) is 11.3. The molecule has 0 saturated carbocycles. The van der Waals surface area contributed by atoms with Crippen LogP contribution in [-0.2, 0) is 10.0 Å². The number of nitrogens with one attached hydrogen (secondary N) is 3. The Kier molecular flexibility index (Phi) is 5.11. The fourth-order valence-corrected chi connectivity index (χ4v) is 2.53. The van der Waals surface area contributed by atoms with Crippen molar-refractivity contribution in [2.75, 3.05) is 17.7 Å². The first-order valence-electron chi connectivity index (χ1n) is 6.68. The van der Waals surface area contributed by atoms with Gasteiger partial charge in [0.2, 0.25) is 10.0 Å². The lowest BCUT2D eigenvalue weighted by Crippen LogP contribution is -2.20. The number of benzene rings is 2. The number of nitro groups is 1. The Morgan fingerprint density at radius 3 is 1.83 bits per heavy atom. The van der Waals surface area contributed by atoms with Crippen LogP contribution in [0, 0.1) is 10.1 Å². The van der Waals surface area contributed by atoms with Gasteiger partial charge in [0.05, 0.1) is 9.82 Å². The summed E-state index contributed by atoms with van der Waals surface area (Å²) in [5, 5.41) is 15.6. The van der Waals surface area contributed by atoms with Crippen LogP contribution in [0.1, 0.15) is 0 Å². The molecule has 0 aliphatic rings. The fraction of sp³-hybridized carbons (Fsp3) is 0.0714. The number of anilines is 2. The van der Waals surface area contributed by atoms with E-state index in [2.05, 4.69) is 15.4 Å². The third-order valence-electron chi connectivity index (χ3n) is 3.03. The Balaban J connectivity index is 2.00. The van der Waals surface area contributed by atoms with Gasteiger partial charge in [0.15, 0.2) is 0 Å². The number of nitro benzene ring substituents is 1. The SMILES string of the molecule is CNS(=O)(=O)c1ccc(NC(=O)Nc2ccc([N+](=O)[O-])cc2)cc1. The third kappa shape index (κ3) is 4.27. The summed E-state index contributed by atoms with van der Waals surface area (Å²) < 4.78 is 25.4. The minimum absolute atomic E-state index is 0.0753. The molecule has 2 aromatic rings. The molecule has 0 heterocycles. The fourth-order valence-electron chi connectivity index (χ4n) is 1.80. The van der Waals surface area contributed by atoms with E-state index in [0.717, 1.165) is 0 Å². The Hall–Kier alpha value is -2.98. The van der Waals surface area contributed by atoms with Gasteiger partial charge in [-0.3, -0.25) is 10.1 Å². The maximum Gasteiger partial charge on any atom is 0.323 e. The van der Waals surface area contributed by atoms with Crippen LogP contribution in [-0.4, -0.2) is 26.4 Å². The molecule has 9 nitrogen and oxygen atoms in total. The van der Waals surface area contributed by atoms with Gasteiger partial charge in [-0.1, -0.05) is 0 Å². The van der Waals surface area contributed by atoms with E-state index in [1.807, 2.05) is 0 Å². The molecule has 0 unspecified atom stereocenters. The molecule has 3 N–H and O–H groups in total. The Labute approximate surface area is 137 Å². The number of non-ortho nitro benzene ring substituents is 1. The van der Waals surface area contributed by atoms with Crippen molar-refractivity contribution in [2.45, 2.75) is 4.90 Å². The highest BCUT2D eigenvalue weighted by Crippen LogP contribution is 2.17. The average molecular weight is 350 g/mol. The number of hydrogen-bond donors (Lipinski definition) is 3. The molecule has 0 bridgehead atoms. The van der Waals surface area contributed by atoms with Crippen LogP contribution >= 0.6 is 0 Å². The van der Waals surface area contributed by atoms with Crippen LogP contribution in [0.5, 0.6) is 0 Å². The molecule has 2 amide bonds. The Bertz CT molecular complexity index is 848. The molecule has 0 aromatic heterocycles. The minimum atomic E-state index is -3.54. The first-order valence-corrected chi connectivity index (χ1v) is 8.16. The van der Waals surface area contributed by atoms with E-state index < -0.39 is 21.0 Å². The molecule has 10 heteroatoms. The quantitative estimate of drug-likeness (QED) is 0.562. The summed E-state index contributed by atoms with van der Waals surface area (Å²) in [6.07, 6.45) is 0. The highest BCUT2D eigenvalue weighted by molar-refractivity contribution is 7.89. The maximum atomic E-state index is 11.9. The number of amides is 2. The summed E-state index contributed by atoms with van der Waals surface area (Å²) in [7, 11) is -2.23. The third-order valence-corrected chi connectivity index (χ3v) is 4.46. The van der Waals surface area contributed by atoms with Crippen molar-refractivity contribution in [1.82, 2.24) is 4.72 Å². The standard InChI is InChI=1S/C14H14N4O5S/c1-15-24(22,23)13-8-4-11(5-9-13)17-14(19)16-10-2-6-12(7-3-10)18(20)21/h2-9,15H,1H3,(H2,16,17,19). The van der Waals surface area contributed by atoms with E-state index in [-0.39, 0.29) is 10.6 Å². The summed E-state index contributed by atoms with van der Waals surface area (Å²) in [4.78, 5) is 21.9. The summed E-state index contributed by atoms with van der Waals surface area (Å²) in [5.41, 5.74) is 0.694. The van der Waals surface area contributed by atoms with Gasteiger partial charge in [-0.2, -0.15) is 0 Å². The molecule has 0 aliphatic carbocycles. The molecule has 0 atom stereocenters. The zero-order valence-corrected chi connectivity index (χ0v) is 13.3. The molecule has 24 heavy (non-hydrogen) atoms. The molecule has 0 spiro atoms.